The van der Waals surface area contributed by atoms with E-state index in [1.54, 1.807) is 6.20 Å². The summed E-state index contributed by atoms with van der Waals surface area (Å²) < 4.78 is 2.06. The molecule has 1 aromatic rings. The van der Waals surface area contributed by atoms with Crippen LogP contribution in [0.3, 0.4) is 0 Å². The Hall–Kier alpha value is -0.880. The van der Waals surface area contributed by atoms with Crippen molar-refractivity contribution in [1.29, 1.82) is 0 Å². The smallest absolute Gasteiger partial charge is 0.283 e. The maximum Gasteiger partial charge on any atom is 0.283 e. The van der Waals surface area contributed by atoms with E-state index in [9.17, 15) is 4.79 Å². The van der Waals surface area contributed by atoms with Gasteiger partial charge < -0.3 is 10.2 Å². The van der Waals surface area contributed by atoms with Crippen LogP contribution in [0, 0.1) is 0 Å². The molecule has 6 heteroatoms. The summed E-state index contributed by atoms with van der Waals surface area (Å²) in [4.78, 5) is 14.2. The summed E-state index contributed by atoms with van der Waals surface area (Å²) in [6.45, 7) is 4.47. The van der Waals surface area contributed by atoms with E-state index in [0.717, 1.165) is 25.2 Å². The van der Waals surface area contributed by atoms with Gasteiger partial charge in [-0.15, -0.1) is 0 Å². The van der Waals surface area contributed by atoms with Crippen LogP contribution in [0.4, 0.5) is 5.69 Å². The van der Waals surface area contributed by atoms with Crippen LogP contribution in [-0.2, 0) is 6.54 Å². The number of likely N-dealkylation sites (N-methyl/N-ethyl adjacent to an activating group) is 1. The highest BCUT2D eigenvalue weighted by Gasteiger charge is 2.08. The Morgan fingerprint density at radius 1 is 1.35 bits per heavy atom. The lowest BCUT2D eigenvalue weighted by molar-refractivity contribution is 0.367. The molecule has 0 aliphatic carbocycles. The van der Waals surface area contributed by atoms with Gasteiger partial charge in [0.1, 0.15) is 4.47 Å². The molecule has 114 valence electrons. The fourth-order valence-corrected chi connectivity index (χ4v) is 2.26. The molecular formula is C14H25BrN4O. The average molecular weight is 345 g/mol. The Balaban J connectivity index is 2.57. The summed E-state index contributed by atoms with van der Waals surface area (Å²) in [5, 5.41) is 7.48. The second-order valence-electron chi connectivity index (χ2n) is 5.19. The standard InChI is InChI=1S/C14H25BrN4O/c1-4-5-6-7-8-16-12-11-17-19(10-9-18(2)3)14(20)13(12)15/h11,16H,4-10H2,1-3H3. The molecule has 1 N–H and O–H groups in total. The average Bonchev–Trinajstić information content (AvgIpc) is 2.42. The number of hydrogen-bond donors (Lipinski definition) is 1. The third kappa shape index (κ3) is 5.63. The molecule has 0 atom stereocenters. The molecule has 0 spiro atoms. The normalized spacial score (nSPS) is 11.1. The zero-order valence-electron chi connectivity index (χ0n) is 12.7. The van der Waals surface area contributed by atoms with Crippen molar-refractivity contribution in [3.8, 4) is 0 Å². The summed E-state index contributed by atoms with van der Waals surface area (Å²) in [7, 11) is 3.96. The summed E-state index contributed by atoms with van der Waals surface area (Å²) in [5.41, 5.74) is 0.706. The molecule has 1 aromatic heterocycles. The molecule has 0 saturated carbocycles. The minimum Gasteiger partial charge on any atom is -0.383 e. The van der Waals surface area contributed by atoms with Crippen LogP contribution in [0.1, 0.15) is 32.6 Å². The predicted octanol–water partition coefficient (Wildman–Crippen LogP) is 2.56. The number of halogens is 1. The molecule has 0 amide bonds. The largest absolute Gasteiger partial charge is 0.383 e. The third-order valence-corrected chi connectivity index (χ3v) is 3.86. The van der Waals surface area contributed by atoms with Gasteiger partial charge in [0.25, 0.3) is 5.56 Å². The first kappa shape index (κ1) is 17.2. The van der Waals surface area contributed by atoms with Crippen LogP contribution in [0.25, 0.3) is 0 Å². The maximum atomic E-state index is 12.1. The van der Waals surface area contributed by atoms with Gasteiger partial charge in [-0.3, -0.25) is 4.79 Å². The van der Waals surface area contributed by atoms with Crippen molar-refractivity contribution in [3.63, 3.8) is 0 Å². The number of nitrogens with one attached hydrogen (secondary N) is 1. The Morgan fingerprint density at radius 3 is 2.75 bits per heavy atom. The molecule has 0 radical (unpaired) electrons. The summed E-state index contributed by atoms with van der Waals surface area (Å²) in [6, 6.07) is 0. The monoisotopic (exact) mass is 344 g/mol. The lowest BCUT2D eigenvalue weighted by Gasteiger charge is -2.12. The molecule has 0 aliphatic rings. The minimum atomic E-state index is -0.0783. The van der Waals surface area contributed by atoms with E-state index >= 15 is 0 Å². The van der Waals surface area contributed by atoms with E-state index in [0.29, 0.717) is 11.0 Å². The van der Waals surface area contributed by atoms with Gasteiger partial charge in [0.15, 0.2) is 0 Å². The van der Waals surface area contributed by atoms with Crippen molar-refractivity contribution in [1.82, 2.24) is 14.7 Å². The fraction of sp³-hybridized carbons (Fsp3) is 0.714. The first-order valence-corrected chi connectivity index (χ1v) is 7.99. The van der Waals surface area contributed by atoms with Gasteiger partial charge in [-0.2, -0.15) is 5.10 Å². The predicted molar refractivity (Wildman–Crippen MR) is 87.4 cm³/mol. The zero-order chi connectivity index (χ0) is 15.0. The highest BCUT2D eigenvalue weighted by molar-refractivity contribution is 9.10. The Morgan fingerprint density at radius 2 is 2.10 bits per heavy atom. The van der Waals surface area contributed by atoms with Crippen molar-refractivity contribution in [2.75, 3.05) is 32.5 Å². The van der Waals surface area contributed by atoms with E-state index in [1.807, 2.05) is 19.0 Å². The van der Waals surface area contributed by atoms with Crippen molar-refractivity contribution in [2.24, 2.45) is 0 Å². The van der Waals surface area contributed by atoms with Gasteiger partial charge >= 0.3 is 0 Å². The van der Waals surface area contributed by atoms with Crippen molar-refractivity contribution in [3.05, 3.63) is 21.0 Å². The van der Waals surface area contributed by atoms with Crippen molar-refractivity contribution >= 4 is 21.6 Å². The molecule has 20 heavy (non-hydrogen) atoms. The molecule has 0 fully saturated rings. The van der Waals surface area contributed by atoms with E-state index in [-0.39, 0.29) is 5.56 Å². The van der Waals surface area contributed by atoms with Gasteiger partial charge in [-0.1, -0.05) is 26.2 Å². The van der Waals surface area contributed by atoms with Gasteiger partial charge in [0.05, 0.1) is 18.4 Å². The topological polar surface area (TPSA) is 50.2 Å². The molecule has 0 aromatic carbocycles. The summed E-state index contributed by atoms with van der Waals surface area (Å²) in [5.74, 6) is 0. The number of anilines is 1. The van der Waals surface area contributed by atoms with Crippen LogP contribution < -0.4 is 10.9 Å². The lowest BCUT2D eigenvalue weighted by atomic mass is 10.2. The van der Waals surface area contributed by atoms with E-state index in [1.165, 1.54) is 23.9 Å². The van der Waals surface area contributed by atoms with Crippen LogP contribution >= 0.6 is 15.9 Å². The highest BCUT2D eigenvalue weighted by atomic mass is 79.9. The molecule has 1 heterocycles. The number of nitrogens with zero attached hydrogens (tertiary/aromatic N) is 3. The molecule has 0 saturated heterocycles. The molecule has 5 nitrogen and oxygen atoms in total. The number of hydrogen-bond acceptors (Lipinski definition) is 4. The zero-order valence-corrected chi connectivity index (χ0v) is 14.2. The van der Waals surface area contributed by atoms with Gasteiger partial charge in [0.2, 0.25) is 0 Å². The van der Waals surface area contributed by atoms with Crippen molar-refractivity contribution in [2.45, 2.75) is 39.2 Å². The van der Waals surface area contributed by atoms with Crippen LogP contribution in [0.2, 0.25) is 0 Å². The Labute approximate surface area is 129 Å². The molecular weight excluding hydrogens is 320 g/mol. The SMILES string of the molecule is CCCCCCNc1cnn(CCN(C)C)c(=O)c1Br. The van der Waals surface area contributed by atoms with Crippen LogP contribution in [0.15, 0.2) is 15.5 Å². The number of unbranched alkanes of at least 4 members (excludes halogenated alkanes) is 3. The quantitative estimate of drug-likeness (QED) is 0.699. The fourth-order valence-electron chi connectivity index (χ4n) is 1.82. The molecule has 0 unspecified atom stereocenters. The van der Waals surface area contributed by atoms with Crippen molar-refractivity contribution < 1.29 is 0 Å². The number of aromatic nitrogens is 2. The molecule has 0 bridgehead atoms. The highest BCUT2D eigenvalue weighted by Crippen LogP contribution is 2.16. The summed E-state index contributed by atoms with van der Waals surface area (Å²) in [6.07, 6.45) is 6.54. The second kappa shape index (κ2) is 9.13. The molecule has 0 aliphatic heterocycles. The maximum absolute atomic E-state index is 12.1. The Kier molecular flexibility index (Phi) is 7.84. The first-order valence-electron chi connectivity index (χ1n) is 7.20. The van der Waals surface area contributed by atoms with E-state index < -0.39 is 0 Å². The summed E-state index contributed by atoms with van der Waals surface area (Å²) >= 11 is 3.37. The lowest BCUT2D eigenvalue weighted by Crippen LogP contribution is -2.29. The van der Waals surface area contributed by atoms with Gasteiger partial charge in [-0.25, -0.2) is 4.68 Å². The van der Waals surface area contributed by atoms with Gasteiger partial charge in [-0.05, 0) is 36.4 Å². The van der Waals surface area contributed by atoms with E-state index in [4.69, 9.17) is 0 Å². The second-order valence-corrected chi connectivity index (χ2v) is 5.98. The Bertz CT molecular complexity index is 459. The third-order valence-electron chi connectivity index (χ3n) is 3.09. The molecule has 1 rings (SSSR count). The minimum absolute atomic E-state index is 0.0783. The van der Waals surface area contributed by atoms with Gasteiger partial charge in [0, 0.05) is 13.1 Å². The van der Waals surface area contributed by atoms with E-state index in [2.05, 4.69) is 33.3 Å². The first-order chi connectivity index (χ1) is 9.56. The number of rotatable bonds is 9. The van der Waals surface area contributed by atoms with Crippen LogP contribution in [-0.4, -0.2) is 41.9 Å². The van der Waals surface area contributed by atoms with Crippen LogP contribution in [0.5, 0.6) is 0 Å².